The summed E-state index contributed by atoms with van der Waals surface area (Å²) in [6.45, 7) is 3.99. The highest BCUT2D eigenvalue weighted by Gasteiger charge is 2.28. The fraction of sp³-hybridized carbons (Fsp3) is 0.250. The first-order valence-electron chi connectivity index (χ1n) is 6.66. The Labute approximate surface area is 132 Å². The van der Waals surface area contributed by atoms with Gasteiger partial charge in [0.25, 0.3) is 0 Å². The summed E-state index contributed by atoms with van der Waals surface area (Å²) in [5, 5.41) is 12.0. The molecule has 0 fully saturated rings. The van der Waals surface area contributed by atoms with Crippen LogP contribution in [-0.2, 0) is 4.79 Å². The number of Topliss-reactive ketones (excluding diaryl/α,β-unsaturated/α-hetero) is 1. The van der Waals surface area contributed by atoms with Crippen LogP contribution in [0.3, 0.4) is 0 Å². The van der Waals surface area contributed by atoms with E-state index in [0.29, 0.717) is 9.88 Å². The predicted octanol–water partition coefficient (Wildman–Crippen LogP) is 2.50. The van der Waals surface area contributed by atoms with Crippen LogP contribution in [0.25, 0.3) is 10.6 Å². The summed E-state index contributed by atoms with van der Waals surface area (Å²) >= 11 is 1.19. The number of aryl methyl sites for hydroxylation is 2. The largest absolute Gasteiger partial charge is 0.358 e. The van der Waals surface area contributed by atoms with Crippen molar-refractivity contribution in [3.8, 4) is 16.6 Å². The molecule has 0 aliphatic carbocycles. The van der Waals surface area contributed by atoms with E-state index in [4.69, 9.17) is 5.26 Å². The number of amides is 1. The summed E-state index contributed by atoms with van der Waals surface area (Å²) in [5.41, 5.74) is 3.16. The van der Waals surface area contributed by atoms with Crippen LogP contribution in [0.15, 0.2) is 24.4 Å². The predicted molar refractivity (Wildman–Crippen MR) is 84.5 cm³/mol. The van der Waals surface area contributed by atoms with Gasteiger partial charge in [-0.1, -0.05) is 23.8 Å². The molecule has 0 aliphatic rings. The van der Waals surface area contributed by atoms with Crippen molar-refractivity contribution in [1.29, 1.82) is 5.26 Å². The Balaban J connectivity index is 2.34. The van der Waals surface area contributed by atoms with E-state index < -0.39 is 17.6 Å². The van der Waals surface area contributed by atoms with Crippen molar-refractivity contribution in [2.24, 2.45) is 5.92 Å². The molecule has 1 heterocycles. The number of nitrogens with one attached hydrogen (secondary N) is 1. The molecular formula is C16H15N3O2S. The average molecular weight is 313 g/mol. The monoisotopic (exact) mass is 313 g/mol. The average Bonchev–Trinajstić information content (AvgIpc) is 2.97. The zero-order valence-electron chi connectivity index (χ0n) is 12.5. The first kappa shape index (κ1) is 15.9. The van der Waals surface area contributed by atoms with E-state index >= 15 is 0 Å². The van der Waals surface area contributed by atoms with E-state index in [1.807, 2.05) is 32.0 Å². The van der Waals surface area contributed by atoms with E-state index in [-0.39, 0.29) is 0 Å². The Hall–Kier alpha value is -2.52. The van der Waals surface area contributed by atoms with Crippen LogP contribution in [0.2, 0.25) is 0 Å². The highest BCUT2D eigenvalue weighted by atomic mass is 32.1. The smallest absolute Gasteiger partial charge is 0.245 e. The van der Waals surface area contributed by atoms with Crippen LogP contribution in [0.5, 0.6) is 0 Å². The number of thiazole rings is 1. The summed E-state index contributed by atoms with van der Waals surface area (Å²) in [7, 11) is 1.40. The van der Waals surface area contributed by atoms with Gasteiger partial charge in [-0.2, -0.15) is 5.26 Å². The number of nitrogens with zero attached hydrogens (tertiary/aromatic N) is 2. The highest BCUT2D eigenvalue weighted by molar-refractivity contribution is 7.17. The van der Waals surface area contributed by atoms with Gasteiger partial charge in [0.05, 0.1) is 10.9 Å². The van der Waals surface area contributed by atoms with E-state index in [9.17, 15) is 9.59 Å². The molecular weight excluding hydrogens is 298 g/mol. The quantitative estimate of drug-likeness (QED) is 0.694. The van der Waals surface area contributed by atoms with Gasteiger partial charge in [-0.15, -0.1) is 11.3 Å². The van der Waals surface area contributed by atoms with Gasteiger partial charge in [-0.3, -0.25) is 9.59 Å². The van der Waals surface area contributed by atoms with Crippen molar-refractivity contribution >= 4 is 23.0 Å². The van der Waals surface area contributed by atoms with Crippen LogP contribution in [0, 0.1) is 31.1 Å². The summed E-state index contributed by atoms with van der Waals surface area (Å²) in [6, 6.07) is 7.72. The van der Waals surface area contributed by atoms with Gasteiger partial charge in [0.2, 0.25) is 11.7 Å². The minimum absolute atomic E-state index is 0.310. The maximum atomic E-state index is 12.2. The van der Waals surface area contributed by atoms with Crippen molar-refractivity contribution in [3.05, 3.63) is 40.4 Å². The minimum Gasteiger partial charge on any atom is -0.358 e. The van der Waals surface area contributed by atoms with Crippen molar-refractivity contribution in [2.45, 2.75) is 13.8 Å². The van der Waals surface area contributed by atoms with E-state index in [0.717, 1.165) is 16.7 Å². The third-order valence-electron chi connectivity index (χ3n) is 3.26. The first-order valence-corrected chi connectivity index (χ1v) is 7.48. The molecule has 5 nitrogen and oxygen atoms in total. The van der Waals surface area contributed by atoms with Gasteiger partial charge in [0.1, 0.15) is 5.01 Å². The summed E-state index contributed by atoms with van der Waals surface area (Å²) < 4.78 is 0. The lowest BCUT2D eigenvalue weighted by molar-refractivity contribution is -0.121. The lowest BCUT2D eigenvalue weighted by Crippen LogP contribution is -2.31. The zero-order valence-corrected chi connectivity index (χ0v) is 13.3. The minimum atomic E-state index is -1.34. The number of benzene rings is 1. The summed E-state index contributed by atoms with van der Waals surface area (Å²) in [4.78, 5) is 28.4. The van der Waals surface area contributed by atoms with Crippen LogP contribution >= 0.6 is 11.3 Å². The maximum Gasteiger partial charge on any atom is 0.245 e. The lowest BCUT2D eigenvalue weighted by Gasteiger charge is -2.04. The molecule has 1 N–H and O–H groups in total. The number of carbonyl (C=O) groups excluding carboxylic acids is 2. The number of nitriles is 1. The second-order valence-electron chi connectivity index (χ2n) is 4.89. The fourth-order valence-corrected chi connectivity index (χ4v) is 3.07. The molecule has 22 heavy (non-hydrogen) atoms. The van der Waals surface area contributed by atoms with Crippen LogP contribution in [0.1, 0.15) is 20.8 Å². The Bertz CT molecular complexity index is 774. The van der Waals surface area contributed by atoms with Crippen molar-refractivity contribution in [3.63, 3.8) is 0 Å². The molecule has 1 atom stereocenters. The number of carbonyl (C=O) groups is 2. The number of ketones is 1. The van der Waals surface area contributed by atoms with Crippen molar-refractivity contribution < 1.29 is 9.59 Å². The fourth-order valence-electron chi connectivity index (χ4n) is 2.09. The molecule has 2 aromatic rings. The van der Waals surface area contributed by atoms with Crippen LogP contribution in [0.4, 0.5) is 0 Å². The molecule has 1 aromatic carbocycles. The number of aromatic nitrogens is 1. The van der Waals surface area contributed by atoms with Crippen molar-refractivity contribution in [2.75, 3.05) is 7.05 Å². The van der Waals surface area contributed by atoms with E-state index in [2.05, 4.69) is 10.3 Å². The van der Waals surface area contributed by atoms with Gasteiger partial charge in [-0.05, 0) is 19.4 Å². The standard InChI is InChI=1S/C16H15N3O2S/c1-9-4-5-11(10(2)6-9)16-19-8-13(22-16)14(20)12(7-17)15(21)18-3/h4-6,8,12H,1-3H3,(H,18,21). The van der Waals surface area contributed by atoms with Gasteiger partial charge in [0.15, 0.2) is 5.92 Å². The molecule has 0 spiro atoms. The van der Waals surface area contributed by atoms with Gasteiger partial charge >= 0.3 is 0 Å². The second kappa shape index (κ2) is 6.50. The molecule has 1 unspecified atom stereocenters. The molecule has 2 rings (SSSR count). The molecule has 112 valence electrons. The number of hydrogen-bond donors (Lipinski definition) is 1. The molecule has 0 bridgehead atoms. The Kier molecular flexibility index (Phi) is 4.68. The Morgan fingerprint density at radius 2 is 2.09 bits per heavy atom. The maximum absolute atomic E-state index is 12.2. The third-order valence-corrected chi connectivity index (χ3v) is 4.31. The molecule has 1 aromatic heterocycles. The zero-order chi connectivity index (χ0) is 16.3. The topological polar surface area (TPSA) is 82.9 Å². The molecule has 1 amide bonds. The molecule has 0 saturated heterocycles. The van der Waals surface area contributed by atoms with Crippen molar-refractivity contribution in [1.82, 2.24) is 10.3 Å². The number of hydrogen-bond acceptors (Lipinski definition) is 5. The Morgan fingerprint density at radius 3 is 2.68 bits per heavy atom. The Morgan fingerprint density at radius 1 is 1.36 bits per heavy atom. The summed E-state index contributed by atoms with van der Waals surface area (Å²) in [6.07, 6.45) is 1.43. The van der Waals surface area contributed by atoms with Gasteiger partial charge in [0, 0.05) is 18.8 Å². The van der Waals surface area contributed by atoms with E-state index in [1.165, 1.54) is 24.6 Å². The SMILES string of the molecule is CNC(=O)C(C#N)C(=O)c1cnc(-c2ccc(C)cc2C)s1. The molecule has 6 heteroatoms. The lowest BCUT2D eigenvalue weighted by atomic mass is 10.0. The molecule has 0 saturated carbocycles. The normalized spacial score (nSPS) is 11.5. The molecule has 0 aliphatic heterocycles. The van der Waals surface area contributed by atoms with Crippen LogP contribution in [-0.4, -0.2) is 23.7 Å². The van der Waals surface area contributed by atoms with Gasteiger partial charge in [-0.25, -0.2) is 4.98 Å². The van der Waals surface area contributed by atoms with E-state index in [1.54, 1.807) is 6.07 Å². The third kappa shape index (κ3) is 3.05. The summed E-state index contributed by atoms with van der Waals surface area (Å²) in [5.74, 6) is -2.46. The number of rotatable bonds is 4. The second-order valence-corrected chi connectivity index (χ2v) is 5.92. The first-order chi connectivity index (χ1) is 10.5. The van der Waals surface area contributed by atoms with Crippen LogP contribution < -0.4 is 5.32 Å². The molecule has 0 radical (unpaired) electrons. The van der Waals surface area contributed by atoms with Gasteiger partial charge < -0.3 is 5.32 Å². The highest BCUT2D eigenvalue weighted by Crippen LogP contribution is 2.29.